The van der Waals surface area contributed by atoms with Crippen LogP contribution in [-0.2, 0) is 4.74 Å². The van der Waals surface area contributed by atoms with Crippen molar-refractivity contribution < 1.29 is 9.66 Å². The van der Waals surface area contributed by atoms with Crippen LogP contribution in [0.1, 0.15) is 25.3 Å². The number of rotatable bonds is 4. The summed E-state index contributed by atoms with van der Waals surface area (Å²) in [4.78, 5) is 16.6. The molecule has 0 aromatic carbocycles. The van der Waals surface area contributed by atoms with Crippen molar-refractivity contribution in [1.29, 1.82) is 5.26 Å². The zero-order valence-corrected chi connectivity index (χ0v) is 11.3. The summed E-state index contributed by atoms with van der Waals surface area (Å²) in [5.74, 6) is 0.337. The van der Waals surface area contributed by atoms with Crippen LogP contribution in [0, 0.1) is 21.4 Å². The Morgan fingerprint density at radius 1 is 1.60 bits per heavy atom. The van der Waals surface area contributed by atoms with E-state index >= 15 is 0 Å². The van der Waals surface area contributed by atoms with E-state index in [4.69, 9.17) is 10.00 Å². The van der Waals surface area contributed by atoms with Crippen LogP contribution in [0.15, 0.2) is 12.3 Å². The molecule has 0 spiro atoms. The van der Waals surface area contributed by atoms with Crippen LogP contribution in [0.3, 0.4) is 0 Å². The Labute approximate surface area is 116 Å². The molecule has 7 nitrogen and oxygen atoms in total. The summed E-state index contributed by atoms with van der Waals surface area (Å²) < 4.78 is 5.56. The molecule has 0 amide bonds. The molecule has 0 saturated carbocycles. The van der Waals surface area contributed by atoms with Gasteiger partial charge in [-0.15, -0.1) is 0 Å². The minimum Gasteiger partial charge on any atom is -0.378 e. The number of nitrogens with zero attached hydrogens (tertiary/aromatic N) is 4. The highest BCUT2D eigenvalue weighted by Gasteiger charge is 2.26. The maximum absolute atomic E-state index is 11.1. The largest absolute Gasteiger partial charge is 0.378 e. The topological polar surface area (TPSA) is 92.3 Å². The van der Waals surface area contributed by atoms with Gasteiger partial charge >= 0.3 is 5.69 Å². The average molecular weight is 276 g/mol. The van der Waals surface area contributed by atoms with Crippen LogP contribution >= 0.6 is 0 Å². The van der Waals surface area contributed by atoms with Crippen molar-refractivity contribution in [3.05, 3.63) is 27.9 Å². The molecule has 0 N–H and O–H groups in total. The van der Waals surface area contributed by atoms with E-state index in [1.807, 2.05) is 17.9 Å². The third-order valence-electron chi connectivity index (χ3n) is 3.32. The van der Waals surface area contributed by atoms with Crippen LogP contribution in [0.2, 0.25) is 0 Å². The van der Waals surface area contributed by atoms with E-state index in [9.17, 15) is 10.1 Å². The molecule has 0 radical (unpaired) electrons. The Kier molecular flexibility index (Phi) is 4.48. The maximum Gasteiger partial charge on any atom is 0.312 e. The lowest BCUT2D eigenvalue weighted by Gasteiger charge is -2.32. The number of hydrogen-bond acceptors (Lipinski definition) is 6. The van der Waals surface area contributed by atoms with Crippen LogP contribution in [0.4, 0.5) is 11.5 Å². The number of hydrogen-bond donors (Lipinski definition) is 0. The molecule has 0 bridgehead atoms. The van der Waals surface area contributed by atoms with Gasteiger partial charge in [0.15, 0.2) is 0 Å². The van der Waals surface area contributed by atoms with Gasteiger partial charge in [-0.05, 0) is 19.8 Å². The molecule has 1 aromatic heterocycles. The minimum atomic E-state index is -0.488. The normalized spacial score (nSPS) is 15.9. The quantitative estimate of drug-likeness (QED) is 0.615. The van der Waals surface area contributed by atoms with Gasteiger partial charge in [0.05, 0.1) is 16.6 Å². The Morgan fingerprint density at radius 3 is 2.85 bits per heavy atom. The fraction of sp³-hybridized carbons (Fsp3) is 0.538. The number of ether oxygens (including phenoxy) is 1. The van der Waals surface area contributed by atoms with Crippen LogP contribution < -0.4 is 4.90 Å². The van der Waals surface area contributed by atoms with Crippen molar-refractivity contribution >= 4 is 11.5 Å². The van der Waals surface area contributed by atoms with Crippen LogP contribution in [0.5, 0.6) is 0 Å². The molecule has 0 unspecified atom stereocenters. The number of pyridine rings is 1. The molecule has 1 aliphatic heterocycles. The molecule has 20 heavy (non-hydrogen) atoms. The van der Waals surface area contributed by atoms with E-state index in [2.05, 4.69) is 4.98 Å². The Balaban J connectivity index is 2.17. The molecule has 0 aliphatic carbocycles. The van der Waals surface area contributed by atoms with E-state index in [0.717, 1.165) is 12.8 Å². The summed E-state index contributed by atoms with van der Waals surface area (Å²) in [5, 5.41) is 19.9. The number of nitro groups is 1. The number of aromatic nitrogens is 1. The summed E-state index contributed by atoms with van der Waals surface area (Å²) in [6.07, 6.45) is 3.24. The molecular formula is C13H16N4O3. The third-order valence-corrected chi connectivity index (χ3v) is 3.32. The standard InChI is InChI=1S/C13H16N4O3/c1-2-20-11-3-5-16(6-4-11)13-12(17(18)19)7-10(8-14)9-15-13/h7,9,11H,2-6H2,1H3. The van der Waals surface area contributed by atoms with E-state index in [1.54, 1.807) is 0 Å². The second-order valence-electron chi connectivity index (χ2n) is 4.58. The van der Waals surface area contributed by atoms with Gasteiger partial charge in [-0.25, -0.2) is 4.98 Å². The lowest BCUT2D eigenvalue weighted by atomic mass is 10.1. The molecule has 1 fully saturated rings. The monoisotopic (exact) mass is 276 g/mol. The van der Waals surface area contributed by atoms with Crippen molar-refractivity contribution in [3.8, 4) is 6.07 Å². The Bertz CT molecular complexity index is 533. The van der Waals surface area contributed by atoms with Gasteiger partial charge in [-0.2, -0.15) is 5.26 Å². The van der Waals surface area contributed by atoms with E-state index in [0.29, 0.717) is 25.5 Å². The van der Waals surface area contributed by atoms with Gasteiger partial charge in [-0.3, -0.25) is 10.1 Å². The van der Waals surface area contributed by atoms with E-state index in [1.165, 1.54) is 12.3 Å². The second kappa shape index (κ2) is 6.30. The summed E-state index contributed by atoms with van der Waals surface area (Å²) in [7, 11) is 0. The highest BCUT2D eigenvalue weighted by molar-refractivity contribution is 5.60. The molecule has 2 rings (SSSR count). The smallest absolute Gasteiger partial charge is 0.312 e. The number of anilines is 1. The summed E-state index contributed by atoms with van der Waals surface area (Å²) in [6, 6.07) is 3.15. The first kappa shape index (κ1) is 14.2. The van der Waals surface area contributed by atoms with Gasteiger partial charge in [0, 0.05) is 32.0 Å². The zero-order chi connectivity index (χ0) is 14.5. The van der Waals surface area contributed by atoms with Crippen LogP contribution in [0.25, 0.3) is 0 Å². The molecule has 0 atom stereocenters. The summed E-state index contributed by atoms with van der Waals surface area (Å²) in [5.41, 5.74) is 0.0866. The predicted octanol–water partition coefficient (Wildman–Crippen LogP) is 1.87. The molecular weight excluding hydrogens is 260 g/mol. The SMILES string of the molecule is CCOC1CCN(c2ncc(C#N)cc2[N+](=O)[O-])CC1. The summed E-state index contributed by atoms with van der Waals surface area (Å²) in [6.45, 7) is 3.98. The third kappa shape index (κ3) is 3.03. The van der Waals surface area contributed by atoms with E-state index in [-0.39, 0.29) is 17.4 Å². The van der Waals surface area contributed by atoms with Crippen molar-refractivity contribution in [2.75, 3.05) is 24.6 Å². The maximum atomic E-state index is 11.1. The fourth-order valence-electron chi connectivity index (χ4n) is 2.36. The zero-order valence-electron chi connectivity index (χ0n) is 11.3. The van der Waals surface area contributed by atoms with Gasteiger partial charge in [-0.1, -0.05) is 0 Å². The summed E-state index contributed by atoms with van der Waals surface area (Å²) >= 11 is 0. The van der Waals surface area contributed by atoms with E-state index < -0.39 is 4.92 Å². The molecule has 2 heterocycles. The van der Waals surface area contributed by atoms with Crippen molar-refractivity contribution in [1.82, 2.24) is 4.98 Å². The number of piperidine rings is 1. The first-order valence-electron chi connectivity index (χ1n) is 6.56. The first-order valence-corrected chi connectivity index (χ1v) is 6.56. The van der Waals surface area contributed by atoms with Gasteiger partial charge in [0.25, 0.3) is 0 Å². The minimum absolute atomic E-state index is 0.112. The van der Waals surface area contributed by atoms with Crippen molar-refractivity contribution in [2.24, 2.45) is 0 Å². The predicted molar refractivity (Wildman–Crippen MR) is 72.5 cm³/mol. The molecule has 1 aromatic rings. The van der Waals surface area contributed by atoms with Gasteiger partial charge in [0.1, 0.15) is 6.07 Å². The second-order valence-corrected chi connectivity index (χ2v) is 4.58. The number of nitriles is 1. The highest BCUT2D eigenvalue weighted by Crippen LogP contribution is 2.29. The van der Waals surface area contributed by atoms with Crippen molar-refractivity contribution in [3.63, 3.8) is 0 Å². The first-order chi connectivity index (χ1) is 9.65. The average Bonchev–Trinajstić information content (AvgIpc) is 2.48. The molecule has 7 heteroatoms. The fourth-order valence-corrected chi connectivity index (χ4v) is 2.36. The Morgan fingerprint density at radius 2 is 2.30 bits per heavy atom. The molecule has 1 saturated heterocycles. The molecule has 106 valence electrons. The van der Waals surface area contributed by atoms with Crippen molar-refractivity contribution in [2.45, 2.75) is 25.9 Å². The highest BCUT2D eigenvalue weighted by atomic mass is 16.6. The Hall–Kier alpha value is -2.20. The van der Waals surface area contributed by atoms with Crippen LogP contribution in [-0.4, -0.2) is 35.7 Å². The lowest BCUT2D eigenvalue weighted by Crippen LogP contribution is -2.37. The lowest BCUT2D eigenvalue weighted by molar-refractivity contribution is -0.384. The van der Waals surface area contributed by atoms with Gasteiger partial charge < -0.3 is 9.64 Å². The van der Waals surface area contributed by atoms with Gasteiger partial charge in [0.2, 0.25) is 5.82 Å². The molecule has 1 aliphatic rings.